The summed E-state index contributed by atoms with van der Waals surface area (Å²) < 4.78 is 15.5. The van der Waals surface area contributed by atoms with Crippen LogP contribution < -0.4 is 10.6 Å². The van der Waals surface area contributed by atoms with Crippen LogP contribution in [-0.4, -0.2) is 27.7 Å². The molecule has 0 fully saturated rings. The quantitative estimate of drug-likeness (QED) is 0.530. The summed E-state index contributed by atoms with van der Waals surface area (Å²) in [6.07, 6.45) is 0. The summed E-state index contributed by atoms with van der Waals surface area (Å²) in [5.74, 6) is 0.240. The molecule has 0 unspecified atom stereocenters. The van der Waals surface area contributed by atoms with Gasteiger partial charge in [-0.05, 0) is 31.2 Å². The Kier molecular flexibility index (Phi) is 4.30. The SMILES string of the molecule is Cc1cc2nc(NCCNc3cccc(F)c3C#N)c3ccccc3n2n1. The molecule has 27 heavy (non-hydrogen) atoms. The summed E-state index contributed by atoms with van der Waals surface area (Å²) in [6, 6.07) is 16.3. The van der Waals surface area contributed by atoms with Crippen LogP contribution in [0.5, 0.6) is 0 Å². The molecule has 0 saturated carbocycles. The number of halogens is 1. The number of hydrogen-bond donors (Lipinski definition) is 2. The molecule has 0 amide bonds. The smallest absolute Gasteiger partial charge is 0.158 e. The maximum Gasteiger partial charge on any atom is 0.158 e. The molecule has 0 atom stereocenters. The zero-order valence-electron chi connectivity index (χ0n) is 14.7. The van der Waals surface area contributed by atoms with Crippen LogP contribution in [0.3, 0.4) is 0 Å². The molecule has 2 N–H and O–H groups in total. The number of aromatic nitrogens is 3. The zero-order chi connectivity index (χ0) is 18.8. The van der Waals surface area contributed by atoms with E-state index in [9.17, 15) is 4.39 Å². The van der Waals surface area contributed by atoms with Crippen LogP contribution in [-0.2, 0) is 0 Å². The Morgan fingerprint density at radius 2 is 1.93 bits per heavy atom. The average Bonchev–Trinajstić information content (AvgIpc) is 3.05. The zero-order valence-corrected chi connectivity index (χ0v) is 14.7. The number of nitriles is 1. The molecule has 2 heterocycles. The summed E-state index contributed by atoms with van der Waals surface area (Å²) in [7, 11) is 0. The lowest BCUT2D eigenvalue weighted by Crippen LogP contribution is -2.15. The number of nitrogens with one attached hydrogen (secondary N) is 2. The van der Waals surface area contributed by atoms with E-state index in [1.807, 2.05) is 47.8 Å². The topological polar surface area (TPSA) is 78.0 Å². The molecule has 0 radical (unpaired) electrons. The lowest BCUT2D eigenvalue weighted by atomic mass is 10.2. The molecule has 4 rings (SSSR count). The molecule has 0 aliphatic rings. The fraction of sp³-hybridized carbons (Fsp3) is 0.150. The van der Waals surface area contributed by atoms with Gasteiger partial charge in [0, 0.05) is 24.5 Å². The fourth-order valence-corrected chi connectivity index (χ4v) is 3.07. The number of fused-ring (bicyclic) bond motifs is 3. The van der Waals surface area contributed by atoms with Gasteiger partial charge in [0.15, 0.2) is 5.65 Å². The summed E-state index contributed by atoms with van der Waals surface area (Å²) >= 11 is 0. The molecular formula is C20H17FN6. The second-order valence-corrected chi connectivity index (χ2v) is 6.16. The van der Waals surface area contributed by atoms with Crippen molar-refractivity contribution in [3.63, 3.8) is 0 Å². The Hall–Kier alpha value is -3.66. The Morgan fingerprint density at radius 3 is 2.78 bits per heavy atom. The number of nitrogens with zero attached hydrogens (tertiary/aromatic N) is 4. The van der Waals surface area contributed by atoms with Crippen molar-refractivity contribution >= 4 is 28.1 Å². The maximum absolute atomic E-state index is 13.7. The number of hydrogen-bond acceptors (Lipinski definition) is 5. The highest BCUT2D eigenvalue weighted by atomic mass is 19.1. The van der Waals surface area contributed by atoms with E-state index in [-0.39, 0.29) is 5.56 Å². The van der Waals surface area contributed by atoms with Gasteiger partial charge >= 0.3 is 0 Å². The normalized spacial score (nSPS) is 10.9. The van der Waals surface area contributed by atoms with Crippen molar-refractivity contribution in [3.8, 4) is 6.07 Å². The van der Waals surface area contributed by atoms with Gasteiger partial charge in [-0.3, -0.25) is 0 Å². The Balaban J connectivity index is 1.54. The van der Waals surface area contributed by atoms with Gasteiger partial charge in [0.25, 0.3) is 0 Å². The standard InChI is InChI=1S/C20H17FN6/c1-13-11-19-25-20(14-5-2-3-8-18(14)27(19)26-13)24-10-9-23-17-7-4-6-16(21)15(17)12-22/h2-8,11,23H,9-10H2,1H3,(H,24,25). The number of para-hydroxylation sites is 1. The lowest BCUT2D eigenvalue weighted by molar-refractivity contribution is 0.624. The van der Waals surface area contributed by atoms with E-state index < -0.39 is 5.82 Å². The molecule has 2 aromatic carbocycles. The molecule has 0 aliphatic heterocycles. The molecule has 2 aromatic heterocycles. The van der Waals surface area contributed by atoms with Gasteiger partial charge in [0.1, 0.15) is 23.3 Å². The van der Waals surface area contributed by atoms with Crippen LogP contribution in [0.4, 0.5) is 15.9 Å². The van der Waals surface area contributed by atoms with E-state index in [1.54, 1.807) is 12.1 Å². The minimum atomic E-state index is -0.523. The van der Waals surface area contributed by atoms with Crippen molar-refractivity contribution in [1.29, 1.82) is 5.26 Å². The molecule has 4 aromatic rings. The molecule has 0 saturated heterocycles. The van der Waals surface area contributed by atoms with Crippen molar-refractivity contribution in [1.82, 2.24) is 14.6 Å². The number of anilines is 2. The molecule has 134 valence electrons. The van der Waals surface area contributed by atoms with Crippen molar-refractivity contribution < 1.29 is 4.39 Å². The predicted molar refractivity (Wildman–Crippen MR) is 103 cm³/mol. The molecule has 7 heteroatoms. The van der Waals surface area contributed by atoms with E-state index in [0.29, 0.717) is 18.8 Å². The summed E-state index contributed by atoms with van der Waals surface area (Å²) in [6.45, 7) is 3.01. The van der Waals surface area contributed by atoms with Gasteiger partial charge in [-0.15, -0.1) is 0 Å². The second kappa shape index (κ2) is 6.92. The minimum absolute atomic E-state index is 0.0252. The Bertz CT molecular complexity index is 1170. The summed E-state index contributed by atoms with van der Waals surface area (Å²) in [4.78, 5) is 4.67. The molecule has 0 spiro atoms. The molecule has 0 bridgehead atoms. The fourth-order valence-electron chi connectivity index (χ4n) is 3.07. The van der Waals surface area contributed by atoms with Crippen LogP contribution >= 0.6 is 0 Å². The first-order valence-electron chi connectivity index (χ1n) is 8.59. The van der Waals surface area contributed by atoms with E-state index in [2.05, 4.69) is 20.7 Å². The highest BCUT2D eigenvalue weighted by molar-refractivity contribution is 5.91. The van der Waals surface area contributed by atoms with Gasteiger partial charge in [-0.2, -0.15) is 10.4 Å². The predicted octanol–water partition coefficient (Wildman–Crippen LogP) is 3.73. The first-order valence-corrected chi connectivity index (χ1v) is 8.59. The molecule has 6 nitrogen and oxygen atoms in total. The molecule has 0 aliphatic carbocycles. The maximum atomic E-state index is 13.7. The van der Waals surface area contributed by atoms with Gasteiger partial charge in [-0.1, -0.05) is 18.2 Å². The van der Waals surface area contributed by atoms with E-state index >= 15 is 0 Å². The van der Waals surface area contributed by atoms with E-state index in [1.165, 1.54) is 6.07 Å². The summed E-state index contributed by atoms with van der Waals surface area (Å²) in [5.41, 5.74) is 3.17. The van der Waals surface area contributed by atoms with Crippen molar-refractivity contribution in [2.45, 2.75) is 6.92 Å². The van der Waals surface area contributed by atoms with Crippen LogP contribution in [0.15, 0.2) is 48.5 Å². The number of aryl methyl sites for hydroxylation is 1. The largest absolute Gasteiger partial charge is 0.382 e. The van der Waals surface area contributed by atoms with Gasteiger partial charge < -0.3 is 10.6 Å². The van der Waals surface area contributed by atoms with Crippen LogP contribution in [0.1, 0.15) is 11.3 Å². The third-order valence-corrected chi connectivity index (χ3v) is 4.28. The first-order chi connectivity index (χ1) is 13.2. The highest BCUT2D eigenvalue weighted by Crippen LogP contribution is 2.23. The second-order valence-electron chi connectivity index (χ2n) is 6.16. The van der Waals surface area contributed by atoms with Crippen LogP contribution in [0, 0.1) is 24.1 Å². The lowest BCUT2D eigenvalue weighted by Gasteiger charge is -2.12. The van der Waals surface area contributed by atoms with Gasteiger partial charge in [0.2, 0.25) is 0 Å². The van der Waals surface area contributed by atoms with Crippen LogP contribution in [0.25, 0.3) is 16.6 Å². The van der Waals surface area contributed by atoms with Crippen molar-refractivity contribution in [3.05, 3.63) is 65.6 Å². The van der Waals surface area contributed by atoms with Crippen LogP contribution in [0.2, 0.25) is 0 Å². The third-order valence-electron chi connectivity index (χ3n) is 4.28. The van der Waals surface area contributed by atoms with Crippen molar-refractivity contribution in [2.75, 3.05) is 23.7 Å². The number of benzene rings is 2. The Morgan fingerprint density at radius 1 is 1.11 bits per heavy atom. The average molecular weight is 360 g/mol. The van der Waals surface area contributed by atoms with Gasteiger partial charge in [0.05, 0.1) is 16.9 Å². The van der Waals surface area contributed by atoms with E-state index in [4.69, 9.17) is 5.26 Å². The Labute approximate surface area is 155 Å². The minimum Gasteiger partial charge on any atom is -0.382 e. The first kappa shape index (κ1) is 16.8. The van der Waals surface area contributed by atoms with Gasteiger partial charge in [-0.25, -0.2) is 13.9 Å². The van der Waals surface area contributed by atoms with E-state index in [0.717, 1.165) is 28.1 Å². The third kappa shape index (κ3) is 3.13. The van der Waals surface area contributed by atoms with Crippen molar-refractivity contribution in [2.24, 2.45) is 0 Å². The number of rotatable bonds is 5. The monoisotopic (exact) mass is 360 g/mol. The highest BCUT2D eigenvalue weighted by Gasteiger charge is 2.10. The summed E-state index contributed by atoms with van der Waals surface area (Å²) in [5, 5.41) is 21.0. The molecular weight excluding hydrogens is 343 g/mol.